The van der Waals surface area contributed by atoms with Gasteiger partial charge in [0.15, 0.2) is 0 Å². The monoisotopic (exact) mass is 310 g/mol. The second-order valence-corrected chi connectivity index (χ2v) is 8.07. The van der Waals surface area contributed by atoms with Crippen LogP contribution in [-0.2, 0) is 21.1 Å². The Labute approximate surface area is 126 Å². The summed E-state index contributed by atoms with van der Waals surface area (Å²) < 4.78 is 23.2. The van der Waals surface area contributed by atoms with Crippen LogP contribution in [0.5, 0.6) is 0 Å². The van der Waals surface area contributed by atoms with Crippen molar-refractivity contribution in [3.63, 3.8) is 0 Å². The van der Waals surface area contributed by atoms with Crippen LogP contribution in [0.4, 0.5) is 0 Å². The van der Waals surface area contributed by atoms with Gasteiger partial charge < -0.3 is 5.32 Å². The SMILES string of the molecule is CS(=O)(=O)[C@@H]1CCC[C@@H](NC(=O)CCc2cccnc2)C1. The topological polar surface area (TPSA) is 76.1 Å². The summed E-state index contributed by atoms with van der Waals surface area (Å²) in [5, 5.41) is 2.66. The quantitative estimate of drug-likeness (QED) is 0.894. The molecule has 1 aromatic rings. The van der Waals surface area contributed by atoms with Gasteiger partial charge in [-0.05, 0) is 37.3 Å². The molecule has 0 saturated heterocycles. The number of amides is 1. The maximum Gasteiger partial charge on any atom is 0.220 e. The summed E-state index contributed by atoms with van der Waals surface area (Å²) >= 11 is 0. The number of pyridine rings is 1. The third kappa shape index (κ3) is 5.12. The van der Waals surface area contributed by atoms with E-state index in [9.17, 15) is 13.2 Å². The average molecular weight is 310 g/mol. The molecule has 116 valence electrons. The molecule has 1 fully saturated rings. The third-order valence-corrected chi connectivity index (χ3v) is 5.60. The maximum atomic E-state index is 12.0. The van der Waals surface area contributed by atoms with Crippen LogP contribution in [0.15, 0.2) is 24.5 Å². The zero-order valence-corrected chi connectivity index (χ0v) is 13.1. The van der Waals surface area contributed by atoms with Gasteiger partial charge in [0.25, 0.3) is 0 Å². The Morgan fingerprint density at radius 3 is 2.90 bits per heavy atom. The van der Waals surface area contributed by atoms with Crippen LogP contribution in [0.25, 0.3) is 0 Å². The van der Waals surface area contributed by atoms with Gasteiger partial charge >= 0.3 is 0 Å². The molecule has 0 unspecified atom stereocenters. The molecule has 0 aromatic carbocycles. The normalized spacial score (nSPS) is 22.7. The lowest BCUT2D eigenvalue weighted by Gasteiger charge is -2.28. The van der Waals surface area contributed by atoms with Crippen LogP contribution < -0.4 is 5.32 Å². The van der Waals surface area contributed by atoms with Crippen molar-refractivity contribution in [3.8, 4) is 0 Å². The van der Waals surface area contributed by atoms with E-state index in [1.54, 1.807) is 12.4 Å². The minimum atomic E-state index is -3.01. The van der Waals surface area contributed by atoms with Crippen molar-refractivity contribution >= 4 is 15.7 Å². The Bertz CT molecular complexity index is 572. The van der Waals surface area contributed by atoms with Crippen molar-refractivity contribution < 1.29 is 13.2 Å². The predicted octanol–water partition coefficient (Wildman–Crippen LogP) is 1.49. The summed E-state index contributed by atoms with van der Waals surface area (Å²) in [7, 11) is -3.01. The Kier molecular flexibility index (Phi) is 5.33. The molecule has 1 aliphatic rings. The molecule has 0 spiro atoms. The van der Waals surface area contributed by atoms with Gasteiger partial charge in [0.2, 0.25) is 5.91 Å². The number of aryl methyl sites for hydroxylation is 1. The minimum absolute atomic E-state index is 0.0140. The molecule has 1 aromatic heterocycles. The summed E-state index contributed by atoms with van der Waals surface area (Å²) in [6, 6.07) is 3.78. The van der Waals surface area contributed by atoms with Gasteiger partial charge in [-0.1, -0.05) is 12.5 Å². The van der Waals surface area contributed by atoms with Crippen LogP contribution in [-0.4, -0.2) is 36.9 Å². The molecule has 1 aliphatic carbocycles. The van der Waals surface area contributed by atoms with Crippen molar-refractivity contribution in [1.29, 1.82) is 0 Å². The van der Waals surface area contributed by atoms with E-state index in [-0.39, 0.29) is 17.2 Å². The molecule has 1 amide bonds. The lowest BCUT2D eigenvalue weighted by atomic mass is 9.95. The Morgan fingerprint density at radius 2 is 2.24 bits per heavy atom. The zero-order valence-electron chi connectivity index (χ0n) is 12.3. The molecule has 21 heavy (non-hydrogen) atoms. The van der Waals surface area contributed by atoms with E-state index in [0.717, 1.165) is 18.4 Å². The van der Waals surface area contributed by atoms with Gasteiger partial charge in [-0.15, -0.1) is 0 Å². The van der Waals surface area contributed by atoms with Crippen LogP contribution in [0.2, 0.25) is 0 Å². The largest absolute Gasteiger partial charge is 0.353 e. The first kappa shape index (κ1) is 15.9. The highest BCUT2D eigenvalue weighted by Crippen LogP contribution is 2.23. The lowest BCUT2D eigenvalue weighted by Crippen LogP contribution is -2.41. The van der Waals surface area contributed by atoms with E-state index >= 15 is 0 Å². The third-order valence-electron chi connectivity index (χ3n) is 3.96. The predicted molar refractivity (Wildman–Crippen MR) is 81.6 cm³/mol. The highest BCUT2D eigenvalue weighted by Gasteiger charge is 2.29. The Morgan fingerprint density at radius 1 is 1.43 bits per heavy atom. The van der Waals surface area contributed by atoms with Crippen molar-refractivity contribution in [2.45, 2.75) is 49.8 Å². The summed E-state index contributed by atoms with van der Waals surface area (Å²) in [5.41, 5.74) is 1.03. The number of nitrogens with zero attached hydrogens (tertiary/aromatic N) is 1. The van der Waals surface area contributed by atoms with E-state index in [1.807, 2.05) is 12.1 Å². The van der Waals surface area contributed by atoms with Gasteiger partial charge in [-0.3, -0.25) is 9.78 Å². The molecular weight excluding hydrogens is 288 g/mol. The molecular formula is C15H22N2O3S. The van der Waals surface area contributed by atoms with Crippen molar-refractivity contribution in [2.24, 2.45) is 0 Å². The second kappa shape index (κ2) is 7.02. The van der Waals surface area contributed by atoms with Gasteiger partial charge in [0, 0.05) is 31.1 Å². The summed E-state index contributed by atoms with van der Waals surface area (Å²) in [5.74, 6) is -0.0157. The van der Waals surface area contributed by atoms with Crippen LogP contribution in [0.3, 0.4) is 0 Å². The molecule has 1 saturated carbocycles. The van der Waals surface area contributed by atoms with Crippen molar-refractivity contribution in [3.05, 3.63) is 30.1 Å². The first-order valence-corrected chi connectivity index (χ1v) is 9.28. The van der Waals surface area contributed by atoms with Crippen molar-refractivity contribution in [1.82, 2.24) is 10.3 Å². The summed E-state index contributed by atoms with van der Waals surface area (Å²) in [6.07, 6.45) is 8.77. The minimum Gasteiger partial charge on any atom is -0.353 e. The molecule has 0 radical (unpaired) electrons. The number of nitrogens with one attached hydrogen (secondary N) is 1. The van der Waals surface area contributed by atoms with Crippen LogP contribution in [0, 0.1) is 0 Å². The lowest BCUT2D eigenvalue weighted by molar-refractivity contribution is -0.121. The first-order chi connectivity index (χ1) is 9.95. The summed E-state index contributed by atoms with van der Waals surface area (Å²) in [4.78, 5) is 16.0. The van der Waals surface area contributed by atoms with Gasteiger partial charge in [0.05, 0.1) is 5.25 Å². The average Bonchev–Trinajstić information content (AvgIpc) is 2.46. The van der Waals surface area contributed by atoms with Crippen molar-refractivity contribution in [2.75, 3.05) is 6.26 Å². The van der Waals surface area contributed by atoms with E-state index in [1.165, 1.54) is 6.26 Å². The fraction of sp³-hybridized carbons (Fsp3) is 0.600. The fourth-order valence-electron chi connectivity index (χ4n) is 2.77. The fourth-order valence-corrected chi connectivity index (χ4v) is 3.95. The van der Waals surface area contributed by atoms with Crippen LogP contribution >= 0.6 is 0 Å². The molecule has 1 N–H and O–H groups in total. The molecule has 6 heteroatoms. The van der Waals surface area contributed by atoms with Gasteiger partial charge in [-0.25, -0.2) is 8.42 Å². The summed E-state index contributed by atoms with van der Waals surface area (Å²) in [6.45, 7) is 0. The highest BCUT2D eigenvalue weighted by molar-refractivity contribution is 7.91. The Hall–Kier alpha value is -1.43. The number of rotatable bonds is 5. The molecule has 2 rings (SSSR count). The standard InChI is InChI=1S/C15H22N2O3S/c1-21(19,20)14-6-2-5-13(10-14)17-15(18)8-7-12-4-3-9-16-11-12/h3-4,9,11,13-14H,2,5-8,10H2,1H3,(H,17,18)/t13-,14-/m1/s1. The van der Waals surface area contributed by atoms with Crippen LogP contribution in [0.1, 0.15) is 37.7 Å². The molecule has 0 aliphatic heterocycles. The van der Waals surface area contributed by atoms with Gasteiger partial charge in [0.1, 0.15) is 9.84 Å². The number of carbonyl (C=O) groups is 1. The first-order valence-electron chi connectivity index (χ1n) is 7.32. The Balaban J connectivity index is 1.80. The number of hydrogen-bond donors (Lipinski definition) is 1. The molecule has 5 nitrogen and oxygen atoms in total. The van der Waals surface area contributed by atoms with E-state index in [4.69, 9.17) is 0 Å². The number of carbonyl (C=O) groups excluding carboxylic acids is 1. The number of sulfone groups is 1. The maximum absolute atomic E-state index is 12.0. The second-order valence-electron chi connectivity index (χ2n) is 5.74. The van der Waals surface area contributed by atoms with E-state index in [2.05, 4.69) is 10.3 Å². The number of hydrogen-bond acceptors (Lipinski definition) is 4. The highest BCUT2D eigenvalue weighted by atomic mass is 32.2. The zero-order chi connectivity index (χ0) is 15.3. The van der Waals surface area contributed by atoms with Gasteiger partial charge in [-0.2, -0.15) is 0 Å². The smallest absolute Gasteiger partial charge is 0.220 e. The molecule has 2 atom stereocenters. The molecule has 1 heterocycles. The molecule has 0 bridgehead atoms. The van der Waals surface area contributed by atoms with E-state index < -0.39 is 9.84 Å². The van der Waals surface area contributed by atoms with E-state index in [0.29, 0.717) is 25.7 Å². The number of aromatic nitrogens is 1.